The summed E-state index contributed by atoms with van der Waals surface area (Å²) >= 11 is 0. The highest BCUT2D eigenvalue weighted by atomic mass is 16.1. The van der Waals surface area contributed by atoms with E-state index < -0.39 is 5.91 Å². The first-order valence-corrected chi connectivity index (χ1v) is 7.22. The van der Waals surface area contributed by atoms with Gasteiger partial charge in [0.05, 0.1) is 16.9 Å². The zero-order valence-corrected chi connectivity index (χ0v) is 12.5. The van der Waals surface area contributed by atoms with E-state index in [1.807, 2.05) is 26.8 Å². The van der Waals surface area contributed by atoms with Crippen LogP contribution in [0.1, 0.15) is 47.9 Å². The monoisotopic (exact) mass is 276 g/mol. The molecule has 1 aliphatic heterocycles. The van der Waals surface area contributed by atoms with E-state index in [4.69, 9.17) is 11.5 Å². The first-order valence-electron chi connectivity index (χ1n) is 7.22. The highest BCUT2D eigenvalue weighted by molar-refractivity contribution is 5.99. The maximum Gasteiger partial charge on any atom is 0.252 e. The molecule has 4 N–H and O–H groups in total. The lowest BCUT2D eigenvalue weighted by atomic mass is 9.95. The summed E-state index contributed by atoms with van der Waals surface area (Å²) in [5, 5.41) is 0. The predicted octanol–water partition coefficient (Wildman–Crippen LogP) is 1.50. The molecule has 5 nitrogen and oxygen atoms in total. The molecule has 1 aromatic rings. The Hall–Kier alpha value is -1.62. The maximum atomic E-state index is 11.8. The van der Waals surface area contributed by atoms with Gasteiger partial charge in [-0.3, -0.25) is 9.78 Å². The average molecular weight is 276 g/mol. The summed E-state index contributed by atoms with van der Waals surface area (Å²) < 4.78 is 0. The van der Waals surface area contributed by atoms with E-state index in [0.717, 1.165) is 30.8 Å². The van der Waals surface area contributed by atoms with Gasteiger partial charge in [0.25, 0.3) is 5.91 Å². The molecular formula is C15H24N4O. The Morgan fingerprint density at radius 3 is 2.75 bits per heavy atom. The maximum absolute atomic E-state index is 11.8. The number of aryl methyl sites for hydroxylation is 2. The number of carbonyl (C=O) groups is 1. The van der Waals surface area contributed by atoms with Gasteiger partial charge in [0.2, 0.25) is 0 Å². The van der Waals surface area contributed by atoms with Crippen molar-refractivity contribution in [3.8, 4) is 0 Å². The van der Waals surface area contributed by atoms with Gasteiger partial charge in [-0.25, -0.2) is 0 Å². The van der Waals surface area contributed by atoms with E-state index in [-0.39, 0.29) is 12.1 Å². The largest absolute Gasteiger partial charge is 0.366 e. The second kappa shape index (κ2) is 5.79. The lowest BCUT2D eigenvalue weighted by Gasteiger charge is -2.40. The molecule has 0 radical (unpaired) electrons. The van der Waals surface area contributed by atoms with Crippen LogP contribution < -0.4 is 16.4 Å². The fourth-order valence-corrected chi connectivity index (χ4v) is 3.14. The van der Waals surface area contributed by atoms with Gasteiger partial charge in [0, 0.05) is 24.3 Å². The molecule has 1 aliphatic rings. The van der Waals surface area contributed by atoms with Gasteiger partial charge in [-0.1, -0.05) is 0 Å². The number of aromatic nitrogens is 1. The molecule has 1 amide bonds. The van der Waals surface area contributed by atoms with Gasteiger partial charge in [0.15, 0.2) is 0 Å². The molecule has 0 spiro atoms. The van der Waals surface area contributed by atoms with E-state index in [1.54, 1.807) is 0 Å². The van der Waals surface area contributed by atoms with E-state index >= 15 is 0 Å². The lowest BCUT2D eigenvalue weighted by molar-refractivity contribution is 0.0999. The number of pyridine rings is 1. The Labute approximate surface area is 120 Å². The molecule has 2 atom stereocenters. The molecule has 1 aromatic heterocycles. The average Bonchev–Trinajstić information content (AvgIpc) is 2.37. The Balaban J connectivity index is 2.51. The Bertz CT molecular complexity index is 513. The summed E-state index contributed by atoms with van der Waals surface area (Å²) in [4.78, 5) is 18.4. The quantitative estimate of drug-likeness (QED) is 0.876. The first kappa shape index (κ1) is 14.8. The van der Waals surface area contributed by atoms with Crippen molar-refractivity contribution >= 4 is 11.6 Å². The number of nitrogens with zero attached hydrogens (tertiary/aromatic N) is 2. The molecule has 20 heavy (non-hydrogen) atoms. The minimum atomic E-state index is -0.418. The van der Waals surface area contributed by atoms with E-state index in [1.165, 1.54) is 6.42 Å². The van der Waals surface area contributed by atoms with Crippen LogP contribution in [-0.2, 0) is 0 Å². The van der Waals surface area contributed by atoms with Crippen LogP contribution >= 0.6 is 0 Å². The minimum Gasteiger partial charge on any atom is -0.366 e. The summed E-state index contributed by atoms with van der Waals surface area (Å²) in [6, 6.07) is 2.27. The molecule has 0 aromatic carbocycles. The summed E-state index contributed by atoms with van der Waals surface area (Å²) in [7, 11) is 0. The molecule has 2 unspecified atom stereocenters. The molecule has 0 saturated carbocycles. The molecule has 1 fully saturated rings. The Morgan fingerprint density at radius 1 is 1.45 bits per heavy atom. The van der Waals surface area contributed by atoms with E-state index in [0.29, 0.717) is 11.3 Å². The second-order valence-electron chi connectivity index (χ2n) is 5.72. The minimum absolute atomic E-state index is 0.0600. The van der Waals surface area contributed by atoms with E-state index in [2.05, 4.69) is 9.88 Å². The second-order valence-corrected chi connectivity index (χ2v) is 5.72. The summed E-state index contributed by atoms with van der Waals surface area (Å²) in [6.07, 6.45) is 3.34. The topological polar surface area (TPSA) is 85.2 Å². The van der Waals surface area contributed by atoms with Crippen molar-refractivity contribution in [2.45, 2.75) is 52.1 Å². The number of carbonyl (C=O) groups excluding carboxylic acids is 1. The predicted molar refractivity (Wildman–Crippen MR) is 80.9 cm³/mol. The zero-order valence-electron chi connectivity index (χ0n) is 12.5. The van der Waals surface area contributed by atoms with E-state index in [9.17, 15) is 4.79 Å². The van der Waals surface area contributed by atoms with Gasteiger partial charge in [-0.15, -0.1) is 0 Å². The standard InChI is InChI=1S/C15H24N4O/c1-9-8-13(14(15(17)20)11(3)18-9)19-7-5-4-6-12(19)10(2)16/h8,10,12H,4-7,16H2,1-3H3,(H2,17,20). The third-order valence-electron chi connectivity index (χ3n) is 4.02. The number of nitrogens with two attached hydrogens (primary N) is 2. The zero-order chi connectivity index (χ0) is 14.9. The number of amides is 1. The fraction of sp³-hybridized carbons (Fsp3) is 0.600. The molecule has 110 valence electrons. The lowest BCUT2D eigenvalue weighted by Crippen LogP contribution is -2.50. The molecule has 5 heteroatoms. The van der Waals surface area contributed by atoms with Crippen molar-refractivity contribution in [3.63, 3.8) is 0 Å². The molecular weight excluding hydrogens is 252 g/mol. The fourth-order valence-electron chi connectivity index (χ4n) is 3.14. The van der Waals surface area contributed by atoms with Crippen molar-refractivity contribution in [3.05, 3.63) is 23.0 Å². The number of rotatable bonds is 3. The van der Waals surface area contributed by atoms with Crippen LogP contribution in [0.5, 0.6) is 0 Å². The van der Waals surface area contributed by atoms with Crippen LogP contribution in [0, 0.1) is 13.8 Å². The summed E-state index contributed by atoms with van der Waals surface area (Å²) in [5.74, 6) is -0.418. The van der Waals surface area contributed by atoms with Gasteiger partial charge < -0.3 is 16.4 Å². The SMILES string of the molecule is Cc1cc(N2CCCCC2C(C)N)c(C(N)=O)c(C)n1. The van der Waals surface area contributed by atoms with Crippen LogP contribution in [0.2, 0.25) is 0 Å². The highest BCUT2D eigenvalue weighted by Crippen LogP contribution is 2.30. The van der Waals surface area contributed by atoms with Crippen LogP contribution in [0.15, 0.2) is 6.07 Å². The molecule has 0 bridgehead atoms. The molecule has 2 rings (SSSR count). The van der Waals surface area contributed by atoms with Crippen LogP contribution in [0.25, 0.3) is 0 Å². The molecule has 2 heterocycles. The third kappa shape index (κ3) is 2.77. The first-order chi connectivity index (χ1) is 9.41. The third-order valence-corrected chi connectivity index (χ3v) is 4.02. The normalized spacial score (nSPS) is 20.8. The van der Waals surface area contributed by atoms with Crippen LogP contribution in [0.3, 0.4) is 0 Å². The molecule has 0 aliphatic carbocycles. The van der Waals surface area contributed by atoms with Crippen molar-refractivity contribution < 1.29 is 4.79 Å². The van der Waals surface area contributed by atoms with Crippen LogP contribution in [0.4, 0.5) is 5.69 Å². The van der Waals surface area contributed by atoms with Crippen molar-refractivity contribution in [1.29, 1.82) is 0 Å². The van der Waals surface area contributed by atoms with Crippen molar-refractivity contribution in [2.24, 2.45) is 11.5 Å². The van der Waals surface area contributed by atoms with Crippen LogP contribution in [-0.4, -0.2) is 29.5 Å². The number of hydrogen-bond acceptors (Lipinski definition) is 4. The Kier molecular flexibility index (Phi) is 4.28. The van der Waals surface area contributed by atoms with Gasteiger partial charge in [0.1, 0.15) is 0 Å². The van der Waals surface area contributed by atoms with Crippen molar-refractivity contribution in [1.82, 2.24) is 4.98 Å². The number of primary amides is 1. The number of anilines is 1. The number of hydrogen-bond donors (Lipinski definition) is 2. The summed E-state index contributed by atoms with van der Waals surface area (Å²) in [5.41, 5.74) is 14.7. The van der Waals surface area contributed by atoms with Gasteiger partial charge >= 0.3 is 0 Å². The summed E-state index contributed by atoms with van der Waals surface area (Å²) in [6.45, 7) is 6.71. The van der Waals surface area contributed by atoms with Gasteiger partial charge in [-0.2, -0.15) is 0 Å². The Morgan fingerprint density at radius 2 is 2.15 bits per heavy atom. The van der Waals surface area contributed by atoms with Crippen molar-refractivity contribution in [2.75, 3.05) is 11.4 Å². The van der Waals surface area contributed by atoms with Gasteiger partial charge in [-0.05, 0) is 46.1 Å². The number of piperidine rings is 1. The highest BCUT2D eigenvalue weighted by Gasteiger charge is 2.29. The smallest absolute Gasteiger partial charge is 0.252 e. The molecule has 1 saturated heterocycles.